The third-order valence-corrected chi connectivity index (χ3v) is 4.33. The molecule has 3 atom stereocenters. The summed E-state index contributed by atoms with van der Waals surface area (Å²) >= 11 is 0. The average Bonchev–Trinajstić information content (AvgIpc) is 2.85. The topological polar surface area (TPSA) is 41.1 Å². The normalized spacial score (nSPS) is 29.8. The van der Waals surface area contributed by atoms with E-state index in [-0.39, 0.29) is 17.4 Å². The van der Waals surface area contributed by atoms with Gasteiger partial charge in [-0.15, -0.1) is 0 Å². The zero-order valence-corrected chi connectivity index (χ0v) is 10.9. The van der Waals surface area contributed by atoms with Gasteiger partial charge >= 0.3 is 0 Å². The number of hydrogen-bond donors (Lipinski definition) is 2. The second-order valence-corrected chi connectivity index (χ2v) is 5.99. The minimum Gasteiger partial charge on any atom is -0.347 e. The fourth-order valence-corrected chi connectivity index (χ4v) is 3.13. The molecule has 0 aromatic heterocycles. The number of carbonyl (C=O) groups is 1. The van der Waals surface area contributed by atoms with Crippen molar-refractivity contribution in [3.8, 4) is 0 Å². The van der Waals surface area contributed by atoms with Crippen molar-refractivity contribution in [2.24, 2.45) is 17.8 Å². The Hall–Kier alpha value is -1.35. The third-order valence-electron chi connectivity index (χ3n) is 4.33. The summed E-state index contributed by atoms with van der Waals surface area (Å²) in [4.78, 5) is 12.3. The molecule has 2 aliphatic rings. The summed E-state index contributed by atoms with van der Waals surface area (Å²) in [6.45, 7) is 6.15. The quantitative estimate of drug-likeness (QED) is 0.846. The summed E-state index contributed by atoms with van der Waals surface area (Å²) in [6, 6.07) is 10.2. The van der Waals surface area contributed by atoms with E-state index in [4.69, 9.17) is 0 Å². The number of nitrogens with one attached hydrogen (secondary N) is 2. The van der Waals surface area contributed by atoms with Crippen molar-refractivity contribution in [2.75, 3.05) is 13.1 Å². The van der Waals surface area contributed by atoms with Crippen LogP contribution in [0, 0.1) is 17.8 Å². The predicted molar refractivity (Wildman–Crippen MR) is 71.0 cm³/mol. The molecular formula is C15H20N2O. The summed E-state index contributed by atoms with van der Waals surface area (Å²) in [6.07, 6.45) is 0. The molecule has 96 valence electrons. The molecule has 1 saturated heterocycles. The van der Waals surface area contributed by atoms with E-state index in [0.717, 1.165) is 18.7 Å². The average molecular weight is 244 g/mol. The SMILES string of the molecule is CC(C)(NC(=O)C1[C@H]2CNC[C@@H]12)c1ccccc1. The van der Waals surface area contributed by atoms with Gasteiger partial charge in [0, 0.05) is 5.92 Å². The van der Waals surface area contributed by atoms with Gasteiger partial charge in [0.05, 0.1) is 5.54 Å². The van der Waals surface area contributed by atoms with Crippen LogP contribution in [-0.2, 0) is 10.3 Å². The maximum Gasteiger partial charge on any atom is 0.224 e. The fraction of sp³-hybridized carbons (Fsp3) is 0.533. The minimum absolute atomic E-state index is 0.223. The first kappa shape index (κ1) is 11.7. The van der Waals surface area contributed by atoms with Crippen molar-refractivity contribution < 1.29 is 4.79 Å². The lowest BCUT2D eigenvalue weighted by Crippen LogP contribution is -2.43. The molecule has 0 radical (unpaired) electrons. The van der Waals surface area contributed by atoms with E-state index in [2.05, 4.69) is 36.6 Å². The van der Waals surface area contributed by atoms with Gasteiger partial charge in [-0.1, -0.05) is 30.3 Å². The van der Waals surface area contributed by atoms with Crippen molar-refractivity contribution in [3.05, 3.63) is 35.9 Å². The van der Waals surface area contributed by atoms with Crippen molar-refractivity contribution in [1.82, 2.24) is 10.6 Å². The van der Waals surface area contributed by atoms with Gasteiger partial charge in [0.15, 0.2) is 0 Å². The highest BCUT2D eigenvalue weighted by Gasteiger charge is 2.57. The smallest absolute Gasteiger partial charge is 0.224 e. The van der Waals surface area contributed by atoms with Crippen LogP contribution >= 0.6 is 0 Å². The molecule has 1 amide bonds. The molecule has 0 bridgehead atoms. The Bertz CT molecular complexity index is 445. The zero-order chi connectivity index (χ0) is 12.8. The summed E-state index contributed by atoms with van der Waals surface area (Å²) in [7, 11) is 0. The maximum atomic E-state index is 12.3. The van der Waals surface area contributed by atoms with Gasteiger partial charge in [-0.3, -0.25) is 4.79 Å². The highest BCUT2D eigenvalue weighted by atomic mass is 16.2. The molecule has 1 aromatic carbocycles. The molecule has 3 heteroatoms. The lowest BCUT2D eigenvalue weighted by molar-refractivity contribution is -0.124. The van der Waals surface area contributed by atoms with Gasteiger partial charge in [0.2, 0.25) is 5.91 Å². The van der Waals surface area contributed by atoms with E-state index in [1.165, 1.54) is 0 Å². The standard InChI is InChI=1S/C15H20N2O/c1-15(2,10-6-4-3-5-7-10)17-14(18)13-11-8-16-9-12(11)13/h3-7,11-13,16H,8-9H2,1-2H3,(H,17,18)/t11-,12+,13?. The number of fused-ring (bicyclic) bond motifs is 1. The van der Waals surface area contributed by atoms with Gasteiger partial charge < -0.3 is 10.6 Å². The second-order valence-electron chi connectivity index (χ2n) is 5.99. The molecule has 1 aromatic rings. The van der Waals surface area contributed by atoms with Gasteiger partial charge in [-0.2, -0.15) is 0 Å². The van der Waals surface area contributed by atoms with E-state index in [1.807, 2.05) is 18.2 Å². The number of piperidine rings is 1. The molecule has 3 rings (SSSR count). The third kappa shape index (κ3) is 1.93. The summed E-state index contributed by atoms with van der Waals surface area (Å²) in [5, 5.41) is 6.52. The van der Waals surface area contributed by atoms with Crippen molar-refractivity contribution in [3.63, 3.8) is 0 Å². The van der Waals surface area contributed by atoms with E-state index in [1.54, 1.807) is 0 Å². The molecule has 2 fully saturated rings. The van der Waals surface area contributed by atoms with Crippen LogP contribution in [0.15, 0.2) is 30.3 Å². The molecule has 18 heavy (non-hydrogen) atoms. The van der Waals surface area contributed by atoms with Crippen LogP contribution in [0.25, 0.3) is 0 Å². The van der Waals surface area contributed by atoms with Crippen LogP contribution in [0.1, 0.15) is 19.4 Å². The number of amides is 1. The monoisotopic (exact) mass is 244 g/mol. The number of carbonyl (C=O) groups excluding carboxylic acids is 1. The van der Waals surface area contributed by atoms with Crippen LogP contribution in [-0.4, -0.2) is 19.0 Å². The molecule has 1 aliphatic heterocycles. The lowest BCUT2D eigenvalue weighted by Gasteiger charge is -2.27. The highest BCUT2D eigenvalue weighted by molar-refractivity contribution is 5.83. The Morgan fingerprint density at radius 2 is 1.83 bits per heavy atom. The van der Waals surface area contributed by atoms with Crippen LogP contribution in [0.5, 0.6) is 0 Å². The van der Waals surface area contributed by atoms with Crippen molar-refractivity contribution in [1.29, 1.82) is 0 Å². The molecular weight excluding hydrogens is 224 g/mol. The first-order valence-corrected chi connectivity index (χ1v) is 6.68. The fourth-order valence-electron chi connectivity index (χ4n) is 3.13. The molecule has 1 aliphatic carbocycles. The molecule has 2 N–H and O–H groups in total. The van der Waals surface area contributed by atoms with E-state index in [0.29, 0.717) is 11.8 Å². The molecule has 0 spiro atoms. The van der Waals surface area contributed by atoms with E-state index < -0.39 is 0 Å². The number of hydrogen-bond acceptors (Lipinski definition) is 2. The Morgan fingerprint density at radius 3 is 2.44 bits per heavy atom. The molecule has 3 nitrogen and oxygen atoms in total. The number of rotatable bonds is 3. The largest absolute Gasteiger partial charge is 0.347 e. The maximum absolute atomic E-state index is 12.3. The molecule has 1 heterocycles. The van der Waals surface area contributed by atoms with Gasteiger partial charge in [0.25, 0.3) is 0 Å². The molecule has 1 unspecified atom stereocenters. The van der Waals surface area contributed by atoms with Crippen LogP contribution < -0.4 is 10.6 Å². The first-order valence-electron chi connectivity index (χ1n) is 6.68. The van der Waals surface area contributed by atoms with Gasteiger partial charge in [0.1, 0.15) is 0 Å². The van der Waals surface area contributed by atoms with Crippen LogP contribution in [0.4, 0.5) is 0 Å². The Balaban J connectivity index is 1.67. The number of benzene rings is 1. The Labute approximate surface area is 108 Å². The summed E-state index contributed by atoms with van der Waals surface area (Å²) < 4.78 is 0. The van der Waals surface area contributed by atoms with Gasteiger partial charge in [-0.25, -0.2) is 0 Å². The van der Waals surface area contributed by atoms with Crippen LogP contribution in [0.3, 0.4) is 0 Å². The van der Waals surface area contributed by atoms with Crippen molar-refractivity contribution in [2.45, 2.75) is 19.4 Å². The van der Waals surface area contributed by atoms with Crippen LogP contribution in [0.2, 0.25) is 0 Å². The summed E-state index contributed by atoms with van der Waals surface area (Å²) in [5.41, 5.74) is 0.866. The van der Waals surface area contributed by atoms with E-state index >= 15 is 0 Å². The van der Waals surface area contributed by atoms with Gasteiger partial charge in [-0.05, 0) is 44.3 Å². The Kier molecular flexibility index (Phi) is 2.67. The lowest BCUT2D eigenvalue weighted by atomic mass is 9.94. The highest BCUT2D eigenvalue weighted by Crippen LogP contribution is 2.49. The first-order chi connectivity index (χ1) is 8.59. The Morgan fingerprint density at radius 1 is 1.22 bits per heavy atom. The minimum atomic E-state index is -0.289. The van der Waals surface area contributed by atoms with E-state index in [9.17, 15) is 4.79 Å². The summed E-state index contributed by atoms with van der Waals surface area (Å²) in [5.74, 6) is 1.63. The molecule has 1 saturated carbocycles. The second kappa shape index (κ2) is 4.09. The zero-order valence-electron chi connectivity index (χ0n) is 10.9. The van der Waals surface area contributed by atoms with Crippen molar-refractivity contribution >= 4 is 5.91 Å². The predicted octanol–water partition coefficient (Wildman–Crippen LogP) is 1.50.